The van der Waals surface area contributed by atoms with Crippen LogP contribution in [0.25, 0.3) is 0 Å². The van der Waals surface area contributed by atoms with Crippen LogP contribution in [0, 0.1) is 0 Å². The maximum absolute atomic E-state index is 12.3. The van der Waals surface area contributed by atoms with Crippen molar-refractivity contribution in [2.45, 2.75) is 45.1 Å². The number of carbonyl (C=O) groups excluding carboxylic acids is 2. The third kappa shape index (κ3) is 4.07. The molecule has 2 rings (SSSR count). The van der Waals surface area contributed by atoms with Crippen molar-refractivity contribution in [1.29, 1.82) is 0 Å². The molecule has 1 aliphatic rings. The Balaban J connectivity index is 1.99. The molecule has 1 aromatic rings. The van der Waals surface area contributed by atoms with Gasteiger partial charge in [0.2, 0.25) is 0 Å². The predicted molar refractivity (Wildman–Crippen MR) is 85.5 cm³/mol. The summed E-state index contributed by atoms with van der Waals surface area (Å²) < 4.78 is 0. The molecular weight excluding hydrogens is 280 g/mol. The second kappa shape index (κ2) is 7.94. The number of hydrogen-bond donors (Lipinski definition) is 2. The van der Waals surface area contributed by atoms with E-state index < -0.39 is 11.8 Å². The summed E-state index contributed by atoms with van der Waals surface area (Å²) in [5.74, 6) is -1.10. The number of aliphatic hydroxyl groups excluding tert-OH is 1. The monoisotopic (exact) mass is 304 g/mol. The Kier molecular flexibility index (Phi) is 5.95. The molecule has 0 bridgehead atoms. The van der Waals surface area contributed by atoms with Crippen LogP contribution in [-0.4, -0.2) is 41.0 Å². The minimum atomic E-state index is -0.603. The molecule has 5 nitrogen and oxygen atoms in total. The Hall–Kier alpha value is -1.88. The second-order valence-corrected chi connectivity index (χ2v) is 5.67. The lowest BCUT2D eigenvalue weighted by Crippen LogP contribution is -2.48. The number of anilines is 1. The van der Waals surface area contributed by atoms with Gasteiger partial charge in [-0.3, -0.25) is 9.59 Å². The summed E-state index contributed by atoms with van der Waals surface area (Å²) in [7, 11) is 0. The van der Waals surface area contributed by atoms with Crippen LogP contribution < -0.4 is 5.32 Å². The first-order chi connectivity index (χ1) is 10.7. The van der Waals surface area contributed by atoms with Crippen molar-refractivity contribution in [2.24, 2.45) is 0 Å². The molecule has 0 spiro atoms. The summed E-state index contributed by atoms with van der Waals surface area (Å²) in [5.41, 5.74) is 1.81. The lowest BCUT2D eigenvalue weighted by atomic mass is 9.99. The lowest BCUT2D eigenvalue weighted by molar-refractivity contribution is -0.146. The molecule has 1 heterocycles. The van der Waals surface area contributed by atoms with Gasteiger partial charge in [0.1, 0.15) is 0 Å². The Labute approximate surface area is 131 Å². The number of aliphatic hydroxyl groups is 1. The Morgan fingerprint density at radius 3 is 2.64 bits per heavy atom. The fourth-order valence-electron chi connectivity index (χ4n) is 2.86. The Bertz CT molecular complexity index is 511. The first kappa shape index (κ1) is 16.5. The number of hydrogen-bond acceptors (Lipinski definition) is 3. The molecule has 2 N–H and O–H groups in total. The predicted octanol–water partition coefficient (Wildman–Crippen LogP) is 1.95. The highest BCUT2D eigenvalue weighted by Crippen LogP contribution is 2.20. The van der Waals surface area contributed by atoms with E-state index in [2.05, 4.69) is 12.2 Å². The van der Waals surface area contributed by atoms with E-state index in [1.165, 1.54) is 5.56 Å². The van der Waals surface area contributed by atoms with Crippen molar-refractivity contribution in [1.82, 2.24) is 4.90 Å². The van der Waals surface area contributed by atoms with E-state index in [4.69, 9.17) is 5.11 Å². The lowest BCUT2D eigenvalue weighted by Gasteiger charge is -2.35. The van der Waals surface area contributed by atoms with Crippen LogP contribution in [-0.2, 0) is 16.0 Å². The molecule has 1 saturated heterocycles. The van der Waals surface area contributed by atoms with Crippen molar-refractivity contribution in [3.63, 3.8) is 0 Å². The number of amides is 2. The van der Waals surface area contributed by atoms with Crippen molar-refractivity contribution in [3.05, 3.63) is 29.8 Å². The van der Waals surface area contributed by atoms with Crippen molar-refractivity contribution in [2.75, 3.05) is 18.5 Å². The number of rotatable bonds is 4. The first-order valence-electron chi connectivity index (χ1n) is 7.97. The number of nitrogens with zero attached hydrogens (tertiary/aromatic N) is 1. The molecule has 0 saturated carbocycles. The SMILES string of the molecule is CCc1ccc(NC(=O)C(=O)N2CCCCC2CCO)cc1. The smallest absolute Gasteiger partial charge is 0.313 e. The first-order valence-corrected chi connectivity index (χ1v) is 7.97. The van der Waals surface area contributed by atoms with Crippen LogP contribution in [0.1, 0.15) is 38.2 Å². The number of aryl methyl sites for hydroxylation is 1. The number of nitrogens with one attached hydrogen (secondary N) is 1. The van der Waals surface area contributed by atoms with Gasteiger partial charge in [-0.05, 0) is 49.8 Å². The maximum Gasteiger partial charge on any atom is 0.313 e. The van der Waals surface area contributed by atoms with Crippen LogP contribution >= 0.6 is 0 Å². The standard InChI is InChI=1S/C17H24N2O3/c1-2-13-6-8-14(9-7-13)18-16(21)17(22)19-11-4-3-5-15(19)10-12-20/h6-9,15,20H,2-5,10-12H2,1H3,(H,18,21). The number of piperidine rings is 1. The summed E-state index contributed by atoms with van der Waals surface area (Å²) in [4.78, 5) is 26.1. The summed E-state index contributed by atoms with van der Waals surface area (Å²) in [6.45, 7) is 2.69. The molecule has 120 valence electrons. The van der Waals surface area contributed by atoms with Gasteiger partial charge >= 0.3 is 11.8 Å². The Morgan fingerprint density at radius 2 is 2.00 bits per heavy atom. The average Bonchev–Trinajstić information content (AvgIpc) is 2.55. The molecule has 2 amide bonds. The van der Waals surface area contributed by atoms with Gasteiger partial charge in [0.25, 0.3) is 0 Å². The number of carbonyl (C=O) groups is 2. The molecule has 5 heteroatoms. The van der Waals surface area contributed by atoms with Gasteiger partial charge in [0.05, 0.1) is 0 Å². The number of likely N-dealkylation sites (tertiary alicyclic amines) is 1. The largest absolute Gasteiger partial charge is 0.396 e. The van der Waals surface area contributed by atoms with Gasteiger partial charge in [0, 0.05) is 24.9 Å². The van der Waals surface area contributed by atoms with Crippen molar-refractivity contribution < 1.29 is 14.7 Å². The zero-order chi connectivity index (χ0) is 15.9. The van der Waals surface area contributed by atoms with E-state index in [0.717, 1.165) is 25.7 Å². The molecule has 1 aromatic carbocycles. The molecule has 0 radical (unpaired) electrons. The van der Waals surface area contributed by atoms with Gasteiger partial charge in [-0.15, -0.1) is 0 Å². The normalized spacial score (nSPS) is 18.1. The van der Waals surface area contributed by atoms with Gasteiger partial charge in [-0.1, -0.05) is 19.1 Å². The van der Waals surface area contributed by atoms with Crippen LogP contribution in [0.4, 0.5) is 5.69 Å². The third-order valence-electron chi connectivity index (χ3n) is 4.16. The van der Waals surface area contributed by atoms with E-state index in [1.54, 1.807) is 4.90 Å². The van der Waals surface area contributed by atoms with Crippen molar-refractivity contribution >= 4 is 17.5 Å². The minimum absolute atomic E-state index is 0.0283. The fourth-order valence-corrected chi connectivity index (χ4v) is 2.86. The van der Waals surface area contributed by atoms with E-state index in [0.29, 0.717) is 18.7 Å². The van der Waals surface area contributed by atoms with Gasteiger partial charge in [-0.25, -0.2) is 0 Å². The van der Waals surface area contributed by atoms with Gasteiger partial charge < -0.3 is 15.3 Å². The second-order valence-electron chi connectivity index (χ2n) is 5.67. The average molecular weight is 304 g/mol. The van der Waals surface area contributed by atoms with E-state index in [-0.39, 0.29) is 12.6 Å². The summed E-state index contributed by atoms with van der Waals surface area (Å²) in [6, 6.07) is 7.47. The quantitative estimate of drug-likeness (QED) is 0.835. The molecule has 1 aliphatic heterocycles. The maximum atomic E-state index is 12.3. The molecule has 1 fully saturated rings. The van der Waals surface area contributed by atoms with Gasteiger partial charge in [-0.2, -0.15) is 0 Å². The molecule has 1 unspecified atom stereocenters. The van der Waals surface area contributed by atoms with E-state index in [1.807, 2.05) is 24.3 Å². The van der Waals surface area contributed by atoms with Crippen LogP contribution in [0.15, 0.2) is 24.3 Å². The van der Waals surface area contributed by atoms with Crippen molar-refractivity contribution in [3.8, 4) is 0 Å². The van der Waals surface area contributed by atoms with Gasteiger partial charge in [0.15, 0.2) is 0 Å². The third-order valence-corrected chi connectivity index (χ3v) is 4.16. The number of benzene rings is 1. The molecule has 0 aliphatic carbocycles. The van der Waals surface area contributed by atoms with E-state index in [9.17, 15) is 9.59 Å². The topological polar surface area (TPSA) is 69.6 Å². The fraction of sp³-hybridized carbons (Fsp3) is 0.529. The van der Waals surface area contributed by atoms with Crippen LogP contribution in [0.2, 0.25) is 0 Å². The van der Waals surface area contributed by atoms with Crippen LogP contribution in [0.5, 0.6) is 0 Å². The zero-order valence-corrected chi connectivity index (χ0v) is 13.0. The highest BCUT2D eigenvalue weighted by atomic mass is 16.3. The highest BCUT2D eigenvalue weighted by molar-refractivity contribution is 6.39. The zero-order valence-electron chi connectivity index (χ0n) is 13.0. The van der Waals surface area contributed by atoms with E-state index >= 15 is 0 Å². The molecule has 0 aromatic heterocycles. The molecule has 22 heavy (non-hydrogen) atoms. The highest BCUT2D eigenvalue weighted by Gasteiger charge is 2.30. The minimum Gasteiger partial charge on any atom is -0.396 e. The Morgan fingerprint density at radius 1 is 1.27 bits per heavy atom. The summed E-state index contributed by atoms with van der Waals surface area (Å²) in [5, 5.41) is 11.8. The molecular formula is C17H24N2O3. The molecule has 1 atom stereocenters. The summed E-state index contributed by atoms with van der Waals surface area (Å²) >= 11 is 0. The van der Waals surface area contributed by atoms with Crippen LogP contribution in [0.3, 0.4) is 0 Å². The summed E-state index contributed by atoms with van der Waals surface area (Å²) in [6.07, 6.45) is 4.26.